The number of nitrogens with one attached hydrogen (secondary N) is 1. The Hall–Kier alpha value is -2.93. The molecule has 0 spiro atoms. The molecule has 0 fully saturated rings. The minimum atomic E-state index is -0.452. The van der Waals surface area contributed by atoms with Crippen LogP contribution in [0.15, 0.2) is 41.3 Å². The topological polar surface area (TPSA) is 80.6 Å². The molecule has 7 heteroatoms. The Balaban J connectivity index is 1.80. The third-order valence-corrected chi connectivity index (χ3v) is 4.17. The van der Waals surface area contributed by atoms with Crippen LogP contribution in [-0.2, 0) is 23.0 Å². The van der Waals surface area contributed by atoms with Gasteiger partial charge in [0.05, 0.1) is 0 Å². The van der Waals surface area contributed by atoms with Crippen LogP contribution in [0, 0.1) is 0 Å². The normalized spacial score (nSPS) is 12.8. The summed E-state index contributed by atoms with van der Waals surface area (Å²) in [6.45, 7) is 0.628. The van der Waals surface area contributed by atoms with E-state index in [4.69, 9.17) is 4.74 Å². The molecule has 25 heavy (non-hydrogen) atoms. The van der Waals surface area contributed by atoms with E-state index >= 15 is 0 Å². The van der Waals surface area contributed by atoms with Crippen molar-refractivity contribution in [3.8, 4) is 0 Å². The Bertz CT molecular complexity index is 888. The zero-order valence-electron chi connectivity index (χ0n) is 14.1. The van der Waals surface area contributed by atoms with Crippen LogP contribution in [0.2, 0.25) is 0 Å². The standard InChI is InChI=1S/C18H19N3O4/c1-20-8-3-4-14(18(20)24)17(23)19-13-5-6-15-12(10-13)7-9-21(15)16(22)11-25-2/h3-6,8,10H,7,9,11H2,1-2H3,(H,19,23). The van der Waals surface area contributed by atoms with E-state index in [2.05, 4.69) is 5.32 Å². The van der Waals surface area contributed by atoms with Crippen LogP contribution >= 0.6 is 0 Å². The molecule has 0 bridgehead atoms. The monoisotopic (exact) mass is 341 g/mol. The van der Waals surface area contributed by atoms with Gasteiger partial charge in [-0.05, 0) is 42.3 Å². The fourth-order valence-corrected chi connectivity index (χ4v) is 2.91. The second-order valence-electron chi connectivity index (χ2n) is 5.86. The Kier molecular flexibility index (Phi) is 4.67. The van der Waals surface area contributed by atoms with Crippen LogP contribution < -0.4 is 15.8 Å². The Morgan fingerprint density at radius 2 is 2.08 bits per heavy atom. The van der Waals surface area contributed by atoms with Crippen LogP contribution in [0.1, 0.15) is 15.9 Å². The highest BCUT2D eigenvalue weighted by Crippen LogP contribution is 2.30. The van der Waals surface area contributed by atoms with E-state index in [1.807, 2.05) is 6.07 Å². The molecule has 0 unspecified atom stereocenters. The number of carbonyl (C=O) groups is 2. The van der Waals surface area contributed by atoms with E-state index in [9.17, 15) is 14.4 Å². The van der Waals surface area contributed by atoms with Crippen molar-refractivity contribution in [2.45, 2.75) is 6.42 Å². The summed E-state index contributed by atoms with van der Waals surface area (Å²) in [5.41, 5.74) is 2.13. The lowest BCUT2D eigenvalue weighted by Gasteiger charge is -2.17. The number of nitrogens with zero attached hydrogens (tertiary/aromatic N) is 2. The molecule has 1 aromatic carbocycles. The summed E-state index contributed by atoms with van der Waals surface area (Å²) in [6, 6.07) is 8.51. The lowest BCUT2D eigenvalue weighted by atomic mass is 10.1. The number of rotatable bonds is 4. The molecule has 0 radical (unpaired) electrons. The van der Waals surface area contributed by atoms with Crippen molar-refractivity contribution >= 4 is 23.2 Å². The molecule has 2 amide bonds. The molecule has 7 nitrogen and oxygen atoms in total. The molecule has 0 atom stereocenters. The molecule has 0 aliphatic carbocycles. The van der Waals surface area contributed by atoms with Crippen molar-refractivity contribution in [1.82, 2.24) is 4.57 Å². The van der Waals surface area contributed by atoms with Gasteiger partial charge >= 0.3 is 0 Å². The van der Waals surface area contributed by atoms with Crippen molar-refractivity contribution in [2.24, 2.45) is 7.05 Å². The highest BCUT2D eigenvalue weighted by molar-refractivity contribution is 6.04. The van der Waals surface area contributed by atoms with Crippen LogP contribution in [0.5, 0.6) is 0 Å². The van der Waals surface area contributed by atoms with Gasteiger partial charge in [0.2, 0.25) is 0 Å². The third-order valence-electron chi connectivity index (χ3n) is 4.17. The molecule has 2 heterocycles. The number of pyridine rings is 1. The molecule has 130 valence electrons. The molecule has 0 saturated carbocycles. The van der Waals surface area contributed by atoms with Crippen LogP contribution in [-0.4, -0.2) is 36.6 Å². The van der Waals surface area contributed by atoms with E-state index in [-0.39, 0.29) is 23.6 Å². The predicted octanol–water partition coefficient (Wildman–Crippen LogP) is 1.17. The second kappa shape index (κ2) is 6.90. The first-order valence-electron chi connectivity index (χ1n) is 7.90. The van der Waals surface area contributed by atoms with Crippen LogP contribution in [0.4, 0.5) is 11.4 Å². The van der Waals surface area contributed by atoms with Gasteiger partial charge in [-0.1, -0.05) is 0 Å². The molecule has 2 aromatic rings. The number of benzene rings is 1. The van der Waals surface area contributed by atoms with Gasteiger partial charge in [-0.3, -0.25) is 14.4 Å². The number of hydrogen-bond donors (Lipinski definition) is 1. The van der Waals surface area contributed by atoms with Crippen molar-refractivity contribution in [3.05, 3.63) is 58.0 Å². The van der Waals surface area contributed by atoms with Gasteiger partial charge in [0, 0.05) is 38.3 Å². The number of ether oxygens (including phenoxy) is 1. The van der Waals surface area contributed by atoms with Gasteiger partial charge in [-0.15, -0.1) is 0 Å². The van der Waals surface area contributed by atoms with Crippen molar-refractivity contribution in [2.75, 3.05) is 30.5 Å². The fraction of sp³-hybridized carbons (Fsp3) is 0.278. The minimum absolute atomic E-state index is 0.0369. The smallest absolute Gasteiger partial charge is 0.263 e. The summed E-state index contributed by atoms with van der Waals surface area (Å²) in [6.07, 6.45) is 2.31. The summed E-state index contributed by atoms with van der Waals surface area (Å²) in [5, 5.41) is 2.74. The van der Waals surface area contributed by atoms with Gasteiger partial charge in [-0.25, -0.2) is 0 Å². The molecule has 0 saturated heterocycles. The van der Waals surface area contributed by atoms with Crippen molar-refractivity contribution < 1.29 is 14.3 Å². The predicted molar refractivity (Wildman–Crippen MR) is 94.0 cm³/mol. The lowest BCUT2D eigenvalue weighted by Crippen LogP contribution is -2.31. The van der Waals surface area contributed by atoms with Crippen LogP contribution in [0.25, 0.3) is 0 Å². The van der Waals surface area contributed by atoms with Gasteiger partial charge in [-0.2, -0.15) is 0 Å². The highest BCUT2D eigenvalue weighted by atomic mass is 16.5. The molecular formula is C18H19N3O4. The van der Waals surface area contributed by atoms with E-state index in [1.165, 1.54) is 17.7 Å². The molecule has 1 aromatic heterocycles. The van der Waals surface area contributed by atoms with E-state index < -0.39 is 5.91 Å². The fourth-order valence-electron chi connectivity index (χ4n) is 2.91. The summed E-state index contributed by atoms with van der Waals surface area (Å²) in [7, 11) is 3.08. The molecular weight excluding hydrogens is 322 g/mol. The SMILES string of the molecule is COCC(=O)N1CCc2cc(NC(=O)c3cccn(C)c3=O)ccc21. The number of fused-ring (bicyclic) bond motifs is 1. The average Bonchev–Trinajstić information content (AvgIpc) is 3.00. The quantitative estimate of drug-likeness (QED) is 0.905. The average molecular weight is 341 g/mol. The first kappa shape index (κ1) is 16.9. The molecule has 1 N–H and O–H groups in total. The molecule has 1 aliphatic rings. The number of methoxy groups -OCH3 is 1. The highest BCUT2D eigenvalue weighted by Gasteiger charge is 2.24. The second-order valence-corrected chi connectivity index (χ2v) is 5.86. The van der Waals surface area contributed by atoms with E-state index in [1.54, 1.807) is 36.3 Å². The third kappa shape index (κ3) is 3.32. The van der Waals surface area contributed by atoms with Gasteiger partial charge in [0.25, 0.3) is 17.4 Å². The summed E-state index contributed by atoms with van der Waals surface area (Å²) in [5.74, 6) is -0.544. The Labute approximate surface area is 144 Å². The first-order chi connectivity index (χ1) is 12.0. The van der Waals surface area contributed by atoms with Crippen molar-refractivity contribution in [3.63, 3.8) is 0 Å². The van der Waals surface area contributed by atoms with E-state index in [0.717, 1.165) is 11.3 Å². The number of carbonyl (C=O) groups excluding carboxylic acids is 2. The zero-order valence-corrected chi connectivity index (χ0v) is 14.1. The summed E-state index contributed by atoms with van der Waals surface area (Å²) >= 11 is 0. The minimum Gasteiger partial charge on any atom is -0.375 e. The Morgan fingerprint density at radius 1 is 1.28 bits per heavy atom. The number of amides is 2. The number of anilines is 2. The maximum Gasteiger partial charge on any atom is 0.263 e. The molecule has 3 rings (SSSR count). The van der Waals surface area contributed by atoms with Gasteiger partial charge in [0.1, 0.15) is 12.2 Å². The first-order valence-corrected chi connectivity index (χ1v) is 7.90. The Morgan fingerprint density at radius 3 is 2.84 bits per heavy atom. The number of aromatic nitrogens is 1. The summed E-state index contributed by atoms with van der Waals surface area (Å²) < 4.78 is 6.26. The number of aryl methyl sites for hydroxylation is 1. The van der Waals surface area contributed by atoms with Gasteiger partial charge in [0.15, 0.2) is 0 Å². The zero-order chi connectivity index (χ0) is 18.0. The lowest BCUT2D eigenvalue weighted by molar-refractivity contribution is -0.122. The maximum atomic E-state index is 12.3. The largest absolute Gasteiger partial charge is 0.375 e. The number of hydrogen-bond acceptors (Lipinski definition) is 4. The summed E-state index contributed by atoms with van der Waals surface area (Å²) in [4.78, 5) is 38.1. The van der Waals surface area contributed by atoms with Crippen LogP contribution in [0.3, 0.4) is 0 Å². The maximum absolute atomic E-state index is 12.3. The van der Waals surface area contributed by atoms with Crippen molar-refractivity contribution in [1.29, 1.82) is 0 Å². The van der Waals surface area contributed by atoms with Gasteiger partial charge < -0.3 is 19.5 Å². The molecule has 1 aliphatic heterocycles. The van der Waals surface area contributed by atoms with E-state index in [0.29, 0.717) is 18.7 Å².